The summed E-state index contributed by atoms with van der Waals surface area (Å²) in [5.74, 6) is 0.591. The smallest absolute Gasteiger partial charge is 0.243 e. The third kappa shape index (κ3) is 6.33. The van der Waals surface area contributed by atoms with Gasteiger partial charge in [-0.15, -0.1) is 0 Å². The first kappa shape index (κ1) is 20.3. The molecule has 0 aliphatic rings. The Labute approximate surface area is 160 Å². The van der Waals surface area contributed by atoms with Crippen LogP contribution in [0.1, 0.15) is 32.3 Å². The second kappa shape index (κ2) is 10.2. The van der Waals surface area contributed by atoms with E-state index in [1.54, 1.807) is 6.92 Å². The lowest BCUT2D eigenvalue weighted by molar-refractivity contribution is -0.116. The third-order valence-corrected chi connectivity index (χ3v) is 3.98. The molecule has 6 nitrogen and oxygen atoms in total. The molecule has 0 heterocycles. The van der Waals surface area contributed by atoms with E-state index in [1.807, 2.05) is 49.4 Å². The molecule has 2 aromatic rings. The highest BCUT2D eigenvalue weighted by Crippen LogP contribution is 2.23. The van der Waals surface area contributed by atoms with E-state index in [0.717, 1.165) is 29.1 Å². The van der Waals surface area contributed by atoms with Crippen LogP contribution in [-0.2, 0) is 9.59 Å². The quantitative estimate of drug-likeness (QED) is 0.619. The third-order valence-electron chi connectivity index (χ3n) is 3.98. The number of hydrogen-bond acceptors (Lipinski definition) is 4. The summed E-state index contributed by atoms with van der Waals surface area (Å²) in [6.45, 7) is 6.56. The highest BCUT2D eigenvalue weighted by Gasteiger charge is 2.08. The van der Waals surface area contributed by atoms with Gasteiger partial charge in [0.05, 0.1) is 13.2 Å². The zero-order chi connectivity index (χ0) is 19.6. The molecule has 0 bridgehead atoms. The van der Waals surface area contributed by atoms with Gasteiger partial charge in [-0.25, -0.2) is 0 Å². The van der Waals surface area contributed by atoms with Gasteiger partial charge in [0.2, 0.25) is 11.8 Å². The number of amides is 2. The molecule has 144 valence electrons. The van der Waals surface area contributed by atoms with Crippen molar-refractivity contribution in [2.24, 2.45) is 0 Å². The van der Waals surface area contributed by atoms with Crippen LogP contribution < -0.4 is 20.7 Å². The maximum Gasteiger partial charge on any atom is 0.243 e. The molecule has 0 aliphatic heterocycles. The lowest BCUT2D eigenvalue weighted by Crippen LogP contribution is -2.22. The van der Waals surface area contributed by atoms with E-state index in [4.69, 9.17) is 4.74 Å². The topological polar surface area (TPSA) is 79.5 Å². The molecule has 27 heavy (non-hydrogen) atoms. The van der Waals surface area contributed by atoms with E-state index in [0.29, 0.717) is 18.7 Å². The van der Waals surface area contributed by atoms with Crippen LogP contribution in [0.25, 0.3) is 0 Å². The van der Waals surface area contributed by atoms with E-state index in [9.17, 15) is 9.59 Å². The Morgan fingerprint density at radius 3 is 2.30 bits per heavy atom. The Hall–Kier alpha value is -3.02. The van der Waals surface area contributed by atoms with Gasteiger partial charge in [0.25, 0.3) is 0 Å². The average Bonchev–Trinajstić information content (AvgIpc) is 2.68. The predicted molar refractivity (Wildman–Crippen MR) is 109 cm³/mol. The molecule has 0 fully saturated rings. The first-order valence-electron chi connectivity index (χ1n) is 9.19. The molecule has 6 heteroatoms. The number of rotatable bonds is 9. The summed E-state index contributed by atoms with van der Waals surface area (Å²) >= 11 is 0. The average molecular weight is 369 g/mol. The molecule has 0 unspecified atom stereocenters. The van der Waals surface area contributed by atoms with Gasteiger partial charge in [0.1, 0.15) is 5.75 Å². The van der Waals surface area contributed by atoms with Gasteiger partial charge in [-0.1, -0.05) is 19.9 Å². The number of benzene rings is 2. The summed E-state index contributed by atoms with van der Waals surface area (Å²) in [5.41, 5.74) is 3.16. The van der Waals surface area contributed by atoms with Crippen molar-refractivity contribution >= 4 is 28.9 Å². The summed E-state index contributed by atoms with van der Waals surface area (Å²) in [6.07, 6.45) is 1.37. The summed E-state index contributed by atoms with van der Waals surface area (Å²) in [6, 6.07) is 12.9. The van der Waals surface area contributed by atoms with E-state index >= 15 is 0 Å². The first-order valence-corrected chi connectivity index (χ1v) is 9.19. The largest absolute Gasteiger partial charge is 0.494 e. The van der Waals surface area contributed by atoms with Crippen LogP contribution in [0.3, 0.4) is 0 Å². The number of nitrogens with one attached hydrogen (secondary N) is 3. The fraction of sp³-hybridized carbons (Fsp3) is 0.333. The van der Waals surface area contributed by atoms with Crippen LogP contribution in [-0.4, -0.2) is 25.0 Å². The minimum atomic E-state index is -0.153. The normalized spacial score (nSPS) is 10.2. The van der Waals surface area contributed by atoms with Gasteiger partial charge in [0, 0.05) is 23.5 Å². The Morgan fingerprint density at radius 1 is 0.926 bits per heavy atom. The minimum Gasteiger partial charge on any atom is -0.494 e. The highest BCUT2D eigenvalue weighted by atomic mass is 16.5. The van der Waals surface area contributed by atoms with Crippen LogP contribution in [0, 0.1) is 6.92 Å². The molecule has 0 aromatic heterocycles. The van der Waals surface area contributed by atoms with Crippen molar-refractivity contribution < 1.29 is 14.3 Å². The molecule has 0 atom stereocenters. The van der Waals surface area contributed by atoms with Gasteiger partial charge >= 0.3 is 0 Å². The van der Waals surface area contributed by atoms with Crippen LogP contribution in [0.2, 0.25) is 0 Å². The van der Waals surface area contributed by atoms with Crippen molar-refractivity contribution in [3.63, 3.8) is 0 Å². The van der Waals surface area contributed by atoms with Gasteiger partial charge in [0.15, 0.2) is 0 Å². The van der Waals surface area contributed by atoms with Crippen molar-refractivity contribution in [2.75, 3.05) is 29.1 Å². The number of hydrogen-bond donors (Lipinski definition) is 3. The predicted octanol–water partition coefficient (Wildman–Crippen LogP) is 4.18. The summed E-state index contributed by atoms with van der Waals surface area (Å²) in [7, 11) is 0. The molecule has 0 aliphatic carbocycles. The lowest BCUT2D eigenvalue weighted by Gasteiger charge is -2.14. The van der Waals surface area contributed by atoms with Crippen molar-refractivity contribution in [1.82, 2.24) is 0 Å². The van der Waals surface area contributed by atoms with Crippen molar-refractivity contribution in [3.05, 3.63) is 48.0 Å². The molecule has 2 rings (SSSR count). The van der Waals surface area contributed by atoms with Crippen molar-refractivity contribution in [2.45, 2.75) is 33.6 Å². The van der Waals surface area contributed by atoms with Crippen molar-refractivity contribution in [3.8, 4) is 5.75 Å². The maximum atomic E-state index is 12.2. The monoisotopic (exact) mass is 369 g/mol. The van der Waals surface area contributed by atoms with E-state index in [-0.39, 0.29) is 18.4 Å². The molecule has 0 spiro atoms. The standard InChI is InChI=1S/C21H27N3O3/c1-4-13-27-17-11-9-16(10-12-17)23-21(26)14-22-18-7-6-8-19(15(18)3)24-20(25)5-2/h6-12,22H,4-5,13-14H2,1-3H3,(H,23,26)(H,24,25). The van der Waals surface area contributed by atoms with Crippen molar-refractivity contribution in [1.29, 1.82) is 0 Å². The van der Waals surface area contributed by atoms with Crippen LogP contribution in [0.15, 0.2) is 42.5 Å². The second-order valence-corrected chi connectivity index (χ2v) is 6.15. The Balaban J connectivity index is 1.90. The molecule has 3 N–H and O–H groups in total. The molecule has 0 radical (unpaired) electrons. The van der Waals surface area contributed by atoms with E-state index < -0.39 is 0 Å². The van der Waals surface area contributed by atoms with E-state index in [1.165, 1.54) is 0 Å². The summed E-state index contributed by atoms with van der Waals surface area (Å²) < 4.78 is 5.53. The fourth-order valence-corrected chi connectivity index (χ4v) is 2.44. The van der Waals surface area contributed by atoms with Gasteiger partial charge in [-0.3, -0.25) is 9.59 Å². The SMILES string of the molecule is CCCOc1ccc(NC(=O)CNc2cccc(NC(=O)CC)c2C)cc1. The Morgan fingerprint density at radius 2 is 1.63 bits per heavy atom. The first-order chi connectivity index (χ1) is 13.0. The summed E-state index contributed by atoms with van der Waals surface area (Å²) in [4.78, 5) is 23.8. The summed E-state index contributed by atoms with van der Waals surface area (Å²) in [5, 5.41) is 8.82. The Bertz CT molecular complexity index is 773. The minimum absolute atomic E-state index is 0.0423. The maximum absolute atomic E-state index is 12.2. The number of carbonyl (C=O) groups is 2. The van der Waals surface area contributed by atoms with Crippen LogP contribution in [0.4, 0.5) is 17.1 Å². The number of anilines is 3. The second-order valence-electron chi connectivity index (χ2n) is 6.15. The molecule has 2 aromatic carbocycles. The zero-order valence-electron chi connectivity index (χ0n) is 16.1. The zero-order valence-corrected chi connectivity index (χ0v) is 16.1. The molecule has 0 saturated carbocycles. The fourth-order valence-electron chi connectivity index (χ4n) is 2.44. The van der Waals surface area contributed by atoms with E-state index in [2.05, 4.69) is 22.9 Å². The van der Waals surface area contributed by atoms with Crippen LogP contribution >= 0.6 is 0 Å². The molecule has 2 amide bonds. The molecule has 0 saturated heterocycles. The van der Waals surface area contributed by atoms with Gasteiger partial charge < -0.3 is 20.7 Å². The Kier molecular flexibility index (Phi) is 7.67. The molecular weight excluding hydrogens is 342 g/mol. The number of carbonyl (C=O) groups excluding carboxylic acids is 2. The van der Waals surface area contributed by atoms with Gasteiger partial charge in [-0.05, 0) is 55.3 Å². The lowest BCUT2D eigenvalue weighted by atomic mass is 10.1. The number of ether oxygens (including phenoxy) is 1. The van der Waals surface area contributed by atoms with Gasteiger partial charge in [-0.2, -0.15) is 0 Å². The molecular formula is C21H27N3O3. The van der Waals surface area contributed by atoms with Crippen LogP contribution in [0.5, 0.6) is 5.75 Å². The highest BCUT2D eigenvalue weighted by molar-refractivity contribution is 5.95.